The summed E-state index contributed by atoms with van der Waals surface area (Å²) in [5.74, 6) is -0.584. The monoisotopic (exact) mass is 381 g/mol. The van der Waals surface area contributed by atoms with Crippen LogP contribution in [0.15, 0.2) is 24.4 Å². The maximum absolute atomic E-state index is 11.9. The highest BCUT2D eigenvalue weighted by molar-refractivity contribution is 6.61. The number of aromatic nitrogens is 2. The number of fused-ring (bicyclic) bond motifs is 1. The third-order valence-corrected chi connectivity index (χ3v) is 5.15. The molecule has 3 heterocycles. The van der Waals surface area contributed by atoms with Crippen molar-refractivity contribution in [3.63, 3.8) is 0 Å². The normalized spacial score (nSPS) is 21.6. The van der Waals surface area contributed by atoms with E-state index in [1.54, 1.807) is 16.9 Å². The minimum atomic E-state index is -0.977. The molecule has 9 nitrogen and oxygen atoms in total. The van der Waals surface area contributed by atoms with Gasteiger partial charge >= 0.3 is 7.12 Å². The van der Waals surface area contributed by atoms with E-state index in [1.165, 1.54) is 0 Å². The fraction of sp³-hybridized carbons (Fsp3) is 0.389. The van der Waals surface area contributed by atoms with Gasteiger partial charge < -0.3 is 25.5 Å². The summed E-state index contributed by atoms with van der Waals surface area (Å²) >= 11 is 0. The lowest BCUT2D eigenvalue weighted by atomic mass is 9.73. The largest absolute Gasteiger partial charge is 0.491 e. The summed E-state index contributed by atoms with van der Waals surface area (Å²) in [5.41, 5.74) is 8.08. The van der Waals surface area contributed by atoms with Gasteiger partial charge in [-0.3, -0.25) is 9.48 Å². The predicted octanol–water partition coefficient (Wildman–Crippen LogP) is 0.0870. The molecule has 2 unspecified atom stereocenters. The summed E-state index contributed by atoms with van der Waals surface area (Å²) in [4.78, 5) is 11.9. The van der Waals surface area contributed by atoms with Crippen LogP contribution in [0.5, 0.6) is 0 Å². The van der Waals surface area contributed by atoms with Crippen molar-refractivity contribution in [3.05, 3.63) is 35.5 Å². The van der Waals surface area contributed by atoms with Crippen molar-refractivity contribution in [2.24, 2.45) is 11.7 Å². The van der Waals surface area contributed by atoms with Crippen LogP contribution in [0, 0.1) is 17.2 Å². The summed E-state index contributed by atoms with van der Waals surface area (Å²) in [6.45, 7) is 1.35. The van der Waals surface area contributed by atoms with E-state index < -0.39 is 13.0 Å². The zero-order valence-electron chi connectivity index (χ0n) is 15.2. The average Bonchev–Trinajstić information content (AvgIpc) is 3.12. The van der Waals surface area contributed by atoms with E-state index in [1.807, 2.05) is 12.1 Å². The Kier molecular flexibility index (Phi) is 5.04. The Morgan fingerprint density at radius 1 is 1.46 bits per heavy atom. The summed E-state index contributed by atoms with van der Waals surface area (Å²) in [5, 5.41) is 27.0. The third kappa shape index (κ3) is 3.47. The first-order valence-corrected chi connectivity index (χ1v) is 9.12. The molecule has 1 saturated heterocycles. The fourth-order valence-corrected chi connectivity index (χ4v) is 3.61. The molecule has 0 radical (unpaired) electrons. The maximum atomic E-state index is 11.9. The number of nitrogens with zero attached hydrogens (tertiary/aromatic N) is 3. The van der Waals surface area contributed by atoms with Gasteiger partial charge in [-0.15, -0.1) is 0 Å². The number of carbonyl (C=O) groups is 1. The zero-order valence-corrected chi connectivity index (χ0v) is 15.2. The lowest BCUT2D eigenvalue weighted by Gasteiger charge is -2.26. The number of ether oxygens (including phenoxy) is 1. The van der Waals surface area contributed by atoms with Crippen molar-refractivity contribution in [1.82, 2.24) is 9.78 Å². The van der Waals surface area contributed by atoms with Crippen LogP contribution >= 0.6 is 0 Å². The van der Waals surface area contributed by atoms with Gasteiger partial charge in [0, 0.05) is 25.1 Å². The van der Waals surface area contributed by atoms with Crippen molar-refractivity contribution in [3.8, 4) is 6.07 Å². The van der Waals surface area contributed by atoms with Gasteiger partial charge in [0.05, 0.1) is 24.6 Å². The number of hydrogen-bond acceptors (Lipinski definition) is 7. The Hall–Kier alpha value is -2.87. The molecule has 10 heteroatoms. The van der Waals surface area contributed by atoms with Crippen molar-refractivity contribution < 1.29 is 19.2 Å². The van der Waals surface area contributed by atoms with Gasteiger partial charge in [-0.1, -0.05) is 6.07 Å². The number of anilines is 2. The summed E-state index contributed by atoms with van der Waals surface area (Å²) < 4.78 is 12.3. The predicted molar refractivity (Wildman–Crippen MR) is 101 cm³/mol. The Morgan fingerprint density at radius 3 is 3.11 bits per heavy atom. The number of primary amides is 1. The SMILES string of the molecule is N#CC1CCOCC1n1cc(C(N)=O)c(Nc2ccc3c(c2)B(O)OCC3)n1. The number of nitrogens with two attached hydrogens (primary N) is 1. The van der Waals surface area contributed by atoms with E-state index in [0.717, 1.165) is 12.0 Å². The molecular formula is C18H20BN5O4. The molecule has 0 aliphatic carbocycles. The van der Waals surface area contributed by atoms with Gasteiger partial charge in [-0.25, -0.2) is 0 Å². The number of amides is 1. The summed E-state index contributed by atoms with van der Waals surface area (Å²) in [7, 11) is -0.977. The highest BCUT2D eigenvalue weighted by Crippen LogP contribution is 2.28. The third-order valence-electron chi connectivity index (χ3n) is 5.15. The summed E-state index contributed by atoms with van der Waals surface area (Å²) in [6.07, 6.45) is 2.88. The highest BCUT2D eigenvalue weighted by atomic mass is 16.5. The van der Waals surface area contributed by atoms with Crippen LogP contribution in [0.3, 0.4) is 0 Å². The molecule has 2 atom stereocenters. The first-order valence-electron chi connectivity index (χ1n) is 9.12. The first kappa shape index (κ1) is 18.5. The number of nitriles is 1. The number of benzene rings is 1. The topological polar surface area (TPSA) is 135 Å². The Morgan fingerprint density at radius 2 is 2.32 bits per heavy atom. The molecule has 2 aliphatic heterocycles. The Labute approximate surface area is 162 Å². The second-order valence-electron chi connectivity index (χ2n) is 6.91. The Balaban J connectivity index is 1.64. The lowest BCUT2D eigenvalue weighted by Crippen LogP contribution is -2.41. The molecule has 2 aromatic rings. The van der Waals surface area contributed by atoms with Crippen LogP contribution in [-0.2, 0) is 15.8 Å². The van der Waals surface area contributed by atoms with Crippen molar-refractivity contribution in [1.29, 1.82) is 5.26 Å². The molecule has 1 aromatic carbocycles. The van der Waals surface area contributed by atoms with Crippen LogP contribution in [0.25, 0.3) is 0 Å². The van der Waals surface area contributed by atoms with Gasteiger partial charge in [0.2, 0.25) is 0 Å². The molecule has 1 fully saturated rings. The second-order valence-corrected chi connectivity index (χ2v) is 6.91. The molecule has 2 aliphatic rings. The molecular weight excluding hydrogens is 361 g/mol. The fourth-order valence-electron chi connectivity index (χ4n) is 3.61. The molecule has 0 saturated carbocycles. The highest BCUT2D eigenvalue weighted by Gasteiger charge is 2.30. The van der Waals surface area contributed by atoms with E-state index in [-0.39, 0.29) is 17.5 Å². The van der Waals surface area contributed by atoms with Gasteiger partial charge in [0.1, 0.15) is 5.56 Å². The average molecular weight is 381 g/mol. The van der Waals surface area contributed by atoms with Crippen molar-refractivity contribution >= 4 is 30.0 Å². The number of carbonyl (C=O) groups excluding carboxylic acids is 1. The van der Waals surface area contributed by atoms with E-state index >= 15 is 0 Å². The van der Waals surface area contributed by atoms with E-state index in [2.05, 4.69) is 16.5 Å². The molecule has 4 N–H and O–H groups in total. The van der Waals surface area contributed by atoms with Crippen LogP contribution in [0.2, 0.25) is 0 Å². The molecule has 1 amide bonds. The standard InChI is InChI=1S/C18H20BN5O4/c20-8-12-3-5-27-10-16(12)24-9-14(17(21)25)18(23-24)22-13-2-1-11-4-6-28-19(26)15(11)7-13/h1-2,7,9,12,16,26H,3-6,10H2,(H2,21,25)(H,22,23). The lowest BCUT2D eigenvalue weighted by molar-refractivity contribution is 0.0342. The molecule has 144 valence electrons. The smallest absolute Gasteiger partial charge is 0.423 e. The van der Waals surface area contributed by atoms with Gasteiger partial charge in [-0.2, -0.15) is 10.4 Å². The molecule has 0 bridgehead atoms. The number of nitrogens with one attached hydrogen (secondary N) is 1. The van der Waals surface area contributed by atoms with Gasteiger partial charge in [0.25, 0.3) is 5.91 Å². The van der Waals surface area contributed by atoms with Gasteiger partial charge in [0.15, 0.2) is 5.82 Å². The number of hydrogen-bond donors (Lipinski definition) is 3. The number of rotatable bonds is 4. The second kappa shape index (κ2) is 7.63. The molecule has 0 spiro atoms. The maximum Gasteiger partial charge on any atom is 0.491 e. The van der Waals surface area contributed by atoms with E-state index in [9.17, 15) is 15.1 Å². The van der Waals surface area contributed by atoms with E-state index in [4.69, 9.17) is 15.1 Å². The van der Waals surface area contributed by atoms with Crippen molar-refractivity contribution in [2.45, 2.75) is 18.9 Å². The van der Waals surface area contributed by atoms with Gasteiger partial charge in [-0.05, 0) is 36.0 Å². The first-order chi connectivity index (χ1) is 13.6. The summed E-state index contributed by atoms with van der Waals surface area (Å²) in [6, 6.07) is 7.52. The molecule has 4 rings (SSSR count). The zero-order chi connectivity index (χ0) is 19.7. The molecule has 1 aromatic heterocycles. The molecule has 28 heavy (non-hydrogen) atoms. The van der Waals surface area contributed by atoms with Crippen LogP contribution < -0.4 is 16.5 Å². The van der Waals surface area contributed by atoms with E-state index in [0.29, 0.717) is 43.2 Å². The Bertz CT molecular complexity index is 941. The van der Waals surface area contributed by atoms with Crippen LogP contribution in [0.1, 0.15) is 28.4 Å². The van der Waals surface area contributed by atoms with Crippen molar-refractivity contribution in [2.75, 3.05) is 25.1 Å². The van der Waals surface area contributed by atoms with Crippen LogP contribution in [-0.4, -0.2) is 47.7 Å². The quantitative estimate of drug-likeness (QED) is 0.639. The minimum absolute atomic E-state index is 0.219. The van der Waals surface area contributed by atoms with Crippen LogP contribution in [0.4, 0.5) is 11.5 Å². The minimum Gasteiger partial charge on any atom is -0.423 e.